The molecule has 1 aliphatic carbocycles. The topological polar surface area (TPSA) is 44.4 Å². The minimum absolute atomic E-state index is 0.0223. The lowest BCUT2D eigenvalue weighted by atomic mass is 9.78. The number of benzene rings is 1. The van der Waals surface area contributed by atoms with Crippen LogP contribution in [0.15, 0.2) is 47.8 Å². The summed E-state index contributed by atoms with van der Waals surface area (Å²) in [5, 5.41) is 9.08. The predicted octanol–water partition coefficient (Wildman–Crippen LogP) is 4.57. The number of hydrogen-bond donors (Lipinski definition) is 2. The summed E-state index contributed by atoms with van der Waals surface area (Å²) in [6.07, 6.45) is 3.52. The molecule has 1 heterocycles. The molecule has 3 rings (SSSR count). The third-order valence-electron chi connectivity index (χ3n) is 5.88. The van der Waals surface area contributed by atoms with Gasteiger partial charge in [-0.3, -0.25) is 4.79 Å². The molecule has 6 heteroatoms. The fourth-order valence-electron chi connectivity index (χ4n) is 3.91. The molecule has 0 bridgehead atoms. The Morgan fingerprint density at radius 1 is 1.14 bits per heavy atom. The third-order valence-corrected chi connectivity index (χ3v) is 7.15. The minimum Gasteiger partial charge on any atom is -0.353 e. The summed E-state index contributed by atoms with van der Waals surface area (Å²) in [5.41, 5.74) is 1.20. The first-order valence-electron chi connectivity index (χ1n) is 10.4. The fourth-order valence-corrected chi connectivity index (χ4v) is 4.83. The third kappa shape index (κ3) is 6.54. The van der Waals surface area contributed by atoms with Crippen LogP contribution in [0.5, 0.6) is 0 Å². The molecule has 156 valence electrons. The van der Waals surface area contributed by atoms with Crippen LogP contribution in [0.25, 0.3) is 0 Å². The van der Waals surface area contributed by atoms with E-state index < -0.39 is 0 Å². The van der Waals surface area contributed by atoms with Gasteiger partial charge in [-0.15, -0.1) is 11.3 Å². The van der Waals surface area contributed by atoms with Crippen molar-refractivity contribution in [3.05, 3.63) is 58.3 Å². The zero-order valence-electron chi connectivity index (χ0n) is 17.3. The van der Waals surface area contributed by atoms with E-state index in [1.54, 1.807) is 11.3 Å². The summed E-state index contributed by atoms with van der Waals surface area (Å²) in [7, 11) is 0. The van der Waals surface area contributed by atoms with Crippen molar-refractivity contribution in [3.8, 4) is 0 Å². The molecule has 1 amide bonds. The van der Waals surface area contributed by atoms with Crippen LogP contribution in [0.3, 0.4) is 0 Å². The minimum atomic E-state index is 0.0223. The Labute approximate surface area is 183 Å². The van der Waals surface area contributed by atoms with Gasteiger partial charge in [0, 0.05) is 17.5 Å². The maximum absolute atomic E-state index is 12.5. The molecule has 0 unspecified atom stereocenters. The Balaban J connectivity index is 1.55. The first-order valence-corrected chi connectivity index (χ1v) is 11.7. The van der Waals surface area contributed by atoms with Crippen molar-refractivity contribution in [1.29, 1.82) is 0 Å². The summed E-state index contributed by atoms with van der Waals surface area (Å²) < 4.78 is 0. The Hall–Kier alpha value is -1.92. The average molecular weight is 430 g/mol. The number of carbonyl (C=O) groups excluding carboxylic acids is 1. The van der Waals surface area contributed by atoms with Gasteiger partial charge in [-0.05, 0) is 47.5 Å². The standard InChI is InChI=1S/C23H31N3OS2/c1-17-8-6-12-21(18(17)2)25-22(27)14-24-23(28)26(16-20-11-7-13-29-20)15-19-9-4-3-5-10-19/h3-5,7,9-11,13,17-18,21H,6,8,12,14-16H2,1-2H3,(H,24,28)(H,25,27)/t17-,18-,21-/m1/s1. The molecule has 4 nitrogen and oxygen atoms in total. The predicted molar refractivity (Wildman–Crippen MR) is 125 cm³/mol. The molecule has 2 N–H and O–H groups in total. The molecule has 2 aromatic rings. The summed E-state index contributed by atoms with van der Waals surface area (Å²) in [6, 6.07) is 14.7. The molecule has 0 radical (unpaired) electrons. The number of hydrogen-bond acceptors (Lipinski definition) is 3. The van der Waals surface area contributed by atoms with Crippen molar-refractivity contribution in [1.82, 2.24) is 15.5 Å². The molecule has 1 aromatic heterocycles. The smallest absolute Gasteiger partial charge is 0.239 e. The van der Waals surface area contributed by atoms with Crippen LogP contribution in [-0.4, -0.2) is 28.5 Å². The van der Waals surface area contributed by atoms with Crippen LogP contribution < -0.4 is 10.6 Å². The normalized spacial score (nSPS) is 21.4. The van der Waals surface area contributed by atoms with Gasteiger partial charge in [0.05, 0.1) is 13.1 Å². The van der Waals surface area contributed by atoms with Gasteiger partial charge in [0.25, 0.3) is 0 Å². The van der Waals surface area contributed by atoms with E-state index in [0.29, 0.717) is 23.5 Å². The average Bonchev–Trinajstić information content (AvgIpc) is 3.23. The molecular weight excluding hydrogens is 398 g/mol. The first-order chi connectivity index (χ1) is 14.0. The van der Waals surface area contributed by atoms with E-state index in [9.17, 15) is 4.79 Å². The van der Waals surface area contributed by atoms with Gasteiger partial charge >= 0.3 is 0 Å². The van der Waals surface area contributed by atoms with Gasteiger partial charge in [-0.1, -0.05) is 63.1 Å². The lowest BCUT2D eigenvalue weighted by molar-refractivity contribution is -0.121. The second-order valence-electron chi connectivity index (χ2n) is 8.02. The van der Waals surface area contributed by atoms with Crippen LogP contribution in [0.2, 0.25) is 0 Å². The van der Waals surface area contributed by atoms with Crippen LogP contribution in [0.1, 0.15) is 43.6 Å². The molecule has 0 saturated heterocycles. The van der Waals surface area contributed by atoms with E-state index >= 15 is 0 Å². The Bertz CT molecular complexity index is 779. The van der Waals surface area contributed by atoms with Gasteiger partial charge in [-0.2, -0.15) is 0 Å². The second-order valence-corrected chi connectivity index (χ2v) is 9.44. The number of nitrogens with one attached hydrogen (secondary N) is 2. The van der Waals surface area contributed by atoms with Crippen LogP contribution in [0.4, 0.5) is 0 Å². The molecule has 0 aliphatic heterocycles. The van der Waals surface area contributed by atoms with Gasteiger partial charge < -0.3 is 15.5 Å². The number of nitrogens with zero attached hydrogens (tertiary/aromatic N) is 1. The summed E-state index contributed by atoms with van der Waals surface area (Å²) in [6.45, 7) is 6.19. The highest BCUT2D eigenvalue weighted by Gasteiger charge is 2.28. The van der Waals surface area contributed by atoms with Gasteiger partial charge in [0.1, 0.15) is 0 Å². The van der Waals surface area contributed by atoms with Gasteiger partial charge in [-0.25, -0.2) is 0 Å². The van der Waals surface area contributed by atoms with Gasteiger partial charge in [0.2, 0.25) is 5.91 Å². The van der Waals surface area contributed by atoms with E-state index in [-0.39, 0.29) is 18.5 Å². The maximum Gasteiger partial charge on any atom is 0.239 e. The number of rotatable bonds is 7. The summed E-state index contributed by atoms with van der Waals surface area (Å²) in [5.74, 6) is 1.21. The highest BCUT2D eigenvalue weighted by Crippen LogP contribution is 2.29. The summed E-state index contributed by atoms with van der Waals surface area (Å²) in [4.78, 5) is 15.9. The fraction of sp³-hybridized carbons (Fsp3) is 0.478. The maximum atomic E-state index is 12.5. The summed E-state index contributed by atoms with van der Waals surface area (Å²) >= 11 is 7.37. The van der Waals surface area contributed by atoms with Crippen LogP contribution >= 0.6 is 23.6 Å². The highest BCUT2D eigenvalue weighted by molar-refractivity contribution is 7.80. The van der Waals surface area contributed by atoms with Crippen LogP contribution in [0, 0.1) is 11.8 Å². The van der Waals surface area contributed by atoms with Crippen molar-refractivity contribution in [3.63, 3.8) is 0 Å². The van der Waals surface area contributed by atoms with E-state index in [4.69, 9.17) is 12.2 Å². The lowest BCUT2D eigenvalue weighted by Gasteiger charge is -2.34. The zero-order chi connectivity index (χ0) is 20.6. The number of amides is 1. The molecule has 0 spiro atoms. The number of thiophene rings is 1. The van der Waals surface area contributed by atoms with Crippen molar-refractivity contribution >= 4 is 34.6 Å². The van der Waals surface area contributed by atoms with Crippen molar-refractivity contribution in [2.45, 2.75) is 52.2 Å². The van der Waals surface area contributed by atoms with E-state index in [1.807, 2.05) is 18.2 Å². The Morgan fingerprint density at radius 2 is 1.93 bits per heavy atom. The molecule has 1 saturated carbocycles. The highest BCUT2D eigenvalue weighted by atomic mass is 32.1. The van der Waals surface area contributed by atoms with E-state index in [2.05, 4.69) is 59.0 Å². The van der Waals surface area contributed by atoms with Crippen molar-refractivity contribution in [2.24, 2.45) is 11.8 Å². The van der Waals surface area contributed by atoms with E-state index in [1.165, 1.54) is 23.3 Å². The number of carbonyl (C=O) groups is 1. The molecule has 1 fully saturated rings. The first kappa shape index (κ1) is 21.8. The zero-order valence-corrected chi connectivity index (χ0v) is 18.9. The van der Waals surface area contributed by atoms with Crippen molar-refractivity contribution in [2.75, 3.05) is 6.54 Å². The molecular formula is C23H31N3OS2. The molecule has 1 aliphatic rings. The quantitative estimate of drug-likeness (QED) is 0.633. The number of thiocarbonyl (C=S) groups is 1. The lowest BCUT2D eigenvalue weighted by Crippen LogP contribution is -2.49. The van der Waals surface area contributed by atoms with Crippen molar-refractivity contribution < 1.29 is 4.79 Å². The molecule has 29 heavy (non-hydrogen) atoms. The Morgan fingerprint density at radius 3 is 2.66 bits per heavy atom. The SMILES string of the molecule is C[C@@H]1[C@H](C)CCC[C@H]1NC(=O)CNC(=S)N(Cc1ccccc1)Cc1cccs1. The van der Waals surface area contributed by atoms with E-state index in [0.717, 1.165) is 13.0 Å². The second kappa shape index (κ2) is 10.7. The van der Waals surface area contributed by atoms with Crippen LogP contribution in [-0.2, 0) is 17.9 Å². The molecule has 1 aromatic carbocycles. The molecule has 3 atom stereocenters. The monoisotopic (exact) mass is 429 g/mol. The van der Waals surface area contributed by atoms with Gasteiger partial charge in [0.15, 0.2) is 5.11 Å². The largest absolute Gasteiger partial charge is 0.353 e. The Kier molecular flexibility index (Phi) is 8.07.